The smallest absolute Gasteiger partial charge is 0.387 e. The number of amides is 1. The number of nitrogens with one attached hydrogen (secondary N) is 1. The number of halogens is 2. The van der Waals surface area contributed by atoms with E-state index in [0.717, 1.165) is 4.31 Å². The first kappa shape index (κ1) is 22.0. The maximum Gasteiger partial charge on any atom is 0.387 e. The SMILES string of the molecule is CCCS(=O)(=O)N1CCCC1C(=O)OCC(=O)Nc1ccc(OC(F)F)cc1. The molecule has 1 atom stereocenters. The number of anilines is 1. The molecule has 1 heterocycles. The number of alkyl halides is 2. The Morgan fingerprint density at radius 3 is 2.57 bits per heavy atom. The molecular weight excluding hydrogens is 398 g/mol. The second kappa shape index (κ2) is 9.78. The van der Waals surface area contributed by atoms with Crippen LogP contribution in [-0.4, -0.2) is 56.2 Å². The number of ether oxygens (including phenoxy) is 2. The van der Waals surface area contributed by atoms with Crippen LogP contribution in [-0.2, 0) is 24.3 Å². The van der Waals surface area contributed by atoms with Gasteiger partial charge in [-0.1, -0.05) is 6.92 Å². The van der Waals surface area contributed by atoms with Gasteiger partial charge in [-0.2, -0.15) is 13.1 Å². The summed E-state index contributed by atoms with van der Waals surface area (Å²) < 4.78 is 58.9. The van der Waals surface area contributed by atoms with Crippen LogP contribution in [0.3, 0.4) is 0 Å². The van der Waals surface area contributed by atoms with Crippen molar-refractivity contribution in [1.29, 1.82) is 0 Å². The lowest BCUT2D eigenvalue weighted by Crippen LogP contribution is -2.43. The fourth-order valence-electron chi connectivity index (χ4n) is 2.83. The molecular formula is C17H22F2N2O6S. The Labute approximate surface area is 161 Å². The highest BCUT2D eigenvalue weighted by Crippen LogP contribution is 2.23. The summed E-state index contributed by atoms with van der Waals surface area (Å²) in [4.78, 5) is 24.1. The van der Waals surface area contributed by atoms with Gasteiger partial charge in [0, 0.05) is 12.2 Å². The molecule has 1 unspecified atom stereocenters. The fraction of sp³-hybridized carbons (Fsp3) is 0.529. The number of hydrogen-bond donors (Lipinski definition) is 1. The maximum absolute atomic E-state index is 12.2. The summed E-state index contributed by atoms with van der Waals surface area (Å²) in [7, 11) is -3.54. The number of carbonyl (C=O) groups is 2. The number of sulfonamides is 1. The molecule has 1 N–H and O–H groups in total. The third kappa shape index (κ3) is 6.13. The van der Waals surface area contributed by atoms with E-state index in [1.807, 2.05) is 0 Å². The third-order valence-electron chi connectivity index (χ3n) is 4.00. The minimum atomic E-state index is -3.54. The first-order valence-corrected chi connectivity index (χ1v) is 10.3. The van der Waals surface area contributed by atoms with Crippen molar-refractivity contribution in [1.82, 2.24) is 4.31 Å². The Hall–Kier alpha value is -2.27. The monoisotopic (exact) mass is 420 g/mol. The molecule has 28 heavy (non-hydrogen) atoms. The summed E-state index contributed by atoms with van der Waals surface area (Å²) >= 11 is 0. The van der Waals surface area contributed by atoms with Gasteiger partial charge in [0.1, 0.15) is 11.8 Å². The van der Waals surface area contributed by atoms with Crippen molar-refractivity contribution in [3.8, 4) is 5.75 Å². The zero-order valence-electron chi connectivity index (χ0n) is 15.3. The van der Waals surface area contributed by atoms with Crippen LogP contribution in [0.2, 0.25) is 0 Å². The highest BCUT2D eigenvalue weighted by atomic mass is 32.2. The van der Waals surface area contributed by atoms with Gasteiger partial charge in [-0.3, -0.25) is 9.59 Å². The van der Waals surface area contributed by atoms with E-state index in [1.165, 1.54) is 24.3 Å². The fourth-order valence-corrected chi connectivity index (χ4v) is 4.57. The topological polar surface area (TPSA) is 102 Å². The molecule has 1 aliphatic rings. The molecule has 1 aliphatic heterocycles. The average molecular weight is 420 g/mol. The third-order valence-corrected chi connectivity index (χ3v) is 6.08. The molecule has 1 amide bonds. The molecule has 0 radical (unpaired) electrons. The summed E-state index contributed by atoms with van der Waals surface area (Å²) in [5.41, 5.74) is 0.302. The van der Waals surface area contributed by atoms with Gasteiger partial charge in [0.15, 0.2) is 6.61 Å². The quantitative estimate of drug-likeness (QED) is 0.613. The molecule has 1 aromatic rings. The van der Waals surface area contributed by atoms with Crippen LogP contribution in [0.4, 0.5) is 14.5 Å². The van der Waals surface area contributed by atoms with E-state index in [9.17, 15) is 26.8 Å². The molecule has 0 bridgehead atoms. The van der Waals surface area contributed by atoms with E-state index in [-0.39, 0.29) is 18.0 Å². The van der Waals surface area contributed by atoms with Crippen molar-refractivity contribution in [2.24, 2.45) is 0 Å². The first-order valence-electron chi connectivity index (χ1n) is 8.74. The van der Waals surface area contributed by atoms with Crippen LogP contribution in [0.15, 0.2) is 24.3 Å². The molecule has 1 saturated heterocycles. The standard InChI is InChI=1S/C17H22F2N2O6S/c1-2-10-28(24,25)21-9-3-4-14(21)16(23)26-11-15(22)20-12-5-7-13(8-6-12)27-17(18)19/h5-8,14,17H,2-4,9-11H2,1H3,(H,20,22). The minimum Gasteiger partial charge on any atom is -0.454 e. The van der Waals surface area contributed by atoms with E-state index in [1.54, 1.807) is 6.92 Å². The normalized spacial score (nSPS) is 17.5. The molecule has 0 saturated carbocycles. The molecule has 0 aromatic heterocycles. The molecule has 0 aliphatic carbocycles. The van der Waals surface area contributed by atoms with Gasteiger partial charge in [0.2, 0.25) is 10.0 Å². The molecule has 8 nitrogen and oxygen atoms in total. The number of nitrogens with zero attached hydrogens (tertiary/aromatic N) is 1. The molecule has 1 fully saturated rings. The van der Waals surface area contributed by atoms with Crippen molar-refractivity contribution in [2.45, 2.75) is 38.8 Å². The van der Waals surface area contributed by atoms with Crippen molar-refractivity contribution in [3.05, 3.63) is 24.3 Å². The number of esters is 1. The highest BCUT2D eigenvalue weighted by molar-refractivity contribution is 7.89. The number of rotatable bonds is 9. The molecule has 2 rings (SSSR count). The van der Waals surface area contributed by atoms with Gasteiger partial charge in [0.25, 0.3) is 5.91 Å². The Morgan fingerprint density at radius 1 is 1.29 bits per heavy atom. The second-order valence-electron chi connectivity index (χ2n) is 6.14. The van der Waals surface area contributed by atoms with E-state index < -0.39 is 41.2 Å². The maximum atomic E-state index is 12.2. The molecule has 1 aromatic carbocycles. The van der Waals surface area contributed by atoms with Crippen LogP contribution >= 0.6 is 0 Å². The largest absolute Gasteiger partial charge is 0.454 e. The second-order valence-corrected chi connectivity index (χ2v) is 8.18. The molecule has 11 heteroatoms. The van der Waals surface area contributed by atoms with Gasteiger partial charge in [-0.15, -0.1) is 0 Å². The number of hydrogen-bond acceptors (Lipinski definition) is 6. The van der Waals surface area contributed by atoms with E-state index in [0.29, 0.717) is 24.9 Å². The minimum absolute atomic E-state index is 0.0530. The average Bonchev–Trinajstić information content (AvgIpc) is 3.12. The van der Waals surface area contributed by atoms with Gasteiger partial charge >= 0.3 is 12.6 Å². The Morgan fingerprint density at radius 2 is 1.96 bits per heavy atom. The summed E-state index contributed by atoms with van der Waals surface area (Å²) in [5.74, 6) is -1.53. The van der Waals surface area contributed by atoms with Crippen molar-refractivity contribution in [3.63, 3.8) is 0 Å². The zero-order valence-corrected chi connectivity index (χ0v) is 16.1. The highest BCUT2D eigenvalue weighted by Gasteiger charge is 2.39. The Bertz CT molecular complexity index is 785. The van der Waals surface area contributed by atoms with Crippen molar-refractivity contribution < 1.29 is 36.3 Å². The molecule has 156 valence electrons. The van der Waals surface area contributed by atoms with Crippen molar-refractivity contribution >= 4 is 27.6 Å². The van der Waals surface area contributed by atoms with Gasteiger partial charge < -0.3 is 14.8 Å². The zero-order chi connectivity index (χ0) is 20.7. The predicted molar refractivity (Wildman–Crippen MR) is 96.5 cm³/mol. The summed E-state index contributed by atoms with van der Waals surface area (Å²) in [6.07, 6.45) is 1.32. The lowest BCUT2D eigenvalue weighted by Gasteiger charge is -2.22. The number of carbonyl (C=O) groups excluding carboxylic acids is 2. The Kier molecular flexibility index (Phi) is 7.69. The Balaban J connectivity index is 1.85. The van der Waals surface area contributed by atoms with Gasteiger partial charge in [-0.05, 0) is 43.5 Å². The predicted octanol–water partition coefficient (Wildman–Crippen LogP) is 1.97. The van der Waals surface area contributed by atoms with Crippen molar-refractivity contribution in [2.75, 3.05) is 24.2 Å². The summed E-state index contributed by atoms with van der Waals surface area (Å²) in [6.45, 7) is -1.55. The summed E-state index contributed by atoms with van der Waals surface area (Å²) in [5, 5.41) is 2.44. The van der Waals surface area contributed by atoms with E-state index >= 15 is 0 Å². The van der Waals surface area contributed by atoms with Crippen LogP contribution in [0.1, 0.15) is 26.2 Å². The number of benzene rings is 1. The lowest BCUT2D eigenvalue weighted by atomic mass is 10.2. The van der Waals surface area contributed by atoms with Crippen LogP contribution in [0, 0.1) is 0 Å². The first-order chi connectivity index (χ1) is 13.2. The van der Waals surface area contributed by atoms with Crippen LogP contribution < -0.4 is 10.1 Å². The van der Waals surface area contributed by atoms with Crippen LogP contribution in [0.25, 0.3) is 0 Å². The molecule has 0 spiro atoms. The van der Waals surface area contributed by atoms with Crippen LogP contribution in [0.5, 0.6) is 5.75 Å². The lowest BCUT2D eigenvalue weighted by molar-refractivity contribution is -0.150. The summed E-state index contributed by atoms with van der Waals surface area (Å²) in [6, 6.07) is 4.29. The van der Waals surface area contributed by atoms with Gasteiger partial charge in [0.05, 0.1) is 5.75 Å². The van der Waals surface area contributed by atoms with E-state index in [4.69, 9.17) is 4.74 Å². The van der Waals surface area contributed by atoms with Gasteiger partial charge in [-0.25, -0.2) is 8.42 Å². The van der Waals surface area contributed by atoms with E-state index in [2.05, 4.69) is 10.1 Å².